The summed E-state index contributed by atoms with van der Waals surface area (Å²) in [5.41, 5.74) is 0. The van der Waals surface area contributed by atoms with Crippen LogP contribution < -0.4 is 0 Å². The first-order valence-electron chi connectivity index (χ1n) is 0.690. The van der Waals surface area contributed by atoms with Crippen LogP contribution in [0, 0.1) is 0 Å². The van der Waals surface area contributed by atoms with Gasteiger partial charge in [0.25, 0.3) is 0 Å². The molecule has 0 aliphatic heterocycles. The van der Waals surface area contributed by atoms with Crippen molar-refractivity contribution >= 4 is 46.5 Å². The van der Waals surface area contributed by atoms with Gasteiger partial charge in [-0.1, -0.05) is 0 Å². The van der Waals surface area contributed by atoms with Crippen LogP contribution in [0.2, 0.25) is 0 Å². The third-order valence-electron chi connectivity index (χ3n) is 0. The average Bonchev–Trinajstić information content (AvgIpc) is 1.41. The molecule has 0 aromatic carbocycles. The van der Waals surface area contributed by atoms with Crippen molar-refractivity contribution in [1.82, 2.24) is 0 Å². The van der Waals surface area contributed by atoms with Crippen molar-refractivity contribution in [3.05, 3.63) is 0 Å². The Bertz CT molecular complexity index is 22.0. The van der Waals surface area contributed by atoms with Crippen molar-refractivity contribution in [2.75, 3.05) is 0 Å². The van der Waals surface area contributed by atoms with Gasteiger partial charge in [-0.05, 0) is 0 Å². The molecule has 0 aliphatic rings. The summed E-state index contributed by atoms with van der Waals surface area (Å²) in [6.45, 7) is 0. The molecule has 6 heteroatoms. The third kappa shape index (κ3) is 43.0. The SMILES string of the molecule is [Cl][Fe]([Cl])[Cl].[O]=[AlH]. The maximum atomic E-state index is 8.28. The number of hydrogen-bond acceptors (Lipinski definition) is 1. The van der Waals surface area contributed by atoms with Gasteiger partial charge in [0.1, 0.15) is 0 Å². The zero-order valence-electron chi connectivity index (χ0n) is 2.60. The summed E-state index contributed by atoms with van der Waals surface area (Å²) in [7, 11) is 14.7. The molecule has 0 atom stereocenters. The van der Waals surface area contributed by atoms with Crippen LogP contribution in [0.5, 0.6) is 0 Å². The van der Waals surface area contributed by atoms with E-state index in [1.165, 1.54) is 0 Å². The second-order valence-corrected chi connectivity index (χ2v) is 5.62. The van der Waals surface area contributed by atoms with Gasteiger partial charge in [0.05, 0.1) is 0 Å². The normalized spacial score (nSPS) is 8.00. The molecule has 6 heavy (non-hydrogen) atoms. The Hall–Kier alpha value is 1.72. The molecular weight excluding hydrogens is 205 g/mol. The van der Waals surface area contributed by atoms with Gasteiger partial charge in [0.15, 0.2) is 0 Å². The van der Waals surface area contributed by atoms with Gasteiger partial charge < -0.3 is 0 Å². The van der Waals surface area contributed by atoms with Crippen LogP contribution in [0.4, 0.5) is 0 Å². The molecule has 0 aliphatic carbocycles. The van der Waals surface area contributed by atoms with Crippen molar-refractivity contribution in [2.45, 2.75) is 0 Å². The molecule has 0 spiro atoms. The van der Waals surface area contributed by atoms with Crippen molar-refractivity contribution in [3.63, 3.8) is 0 Å². The fraction of sp³-hybridized carbons (Fsp3) is 0. The Balaban J connectivity index is 0. The van der Waals surface area contributed by atoms with E-state index in [4.69, 9.17) is 34.1 Å². The Labute approximate surface area is 61.1 Å². The fourth-order valence-electron chi connectivity index (χ4n) is 0. The van der Waals surface area contributed by atoms with E-state index in [0.717, 1.165) is 0 Å². The Morgan fingerprint density at radius 2 is 1.17 bits per heavy atom. The zero-order valence-corrected chi connectivity index (χ0v) is 7.39. The predicted molar refractivity (Wildman–Crippen MR) is 25.4 cm³/mol. The van der Waals surface area contributed by atoms with Gasteiger partial charge in [0.2, 0.25) is 0 Å². The average molecular weight is 206 g/mol. The second kappa shape index (κ2) is 9.87. The number of rotatable bonds is 0. The Kier molecular flexibility index (Phi) is 17.5. The molecule has 39 valence electrons. The van der Waals surface area contributed by atoms with E-state index in [-0.39, 0.29) is 0 Å². The van der Waals surface area contributed by atoms with Gasteiger partial charge in [-0.3, -0.25) is 0 Å². The summed E-state index contributed by atoms with van der Waals surface area (Å²) in [5.74, 6) is 0. The quantitative estimate of drug-likeness (QED) is 0.546. The summed E-state index contributed by atoms with van der Waals surface area (Å²) in [4.78, 5) is 0. The molecule has 0 unspecified atom stereocenters. The van der Waals surface area contributed by atoms with Gasteiger partial charge in [-0.2, -0.15) is 0 Å². The summed E-state index contributed by atoms with van der Waals surface area (Å²) < 4.78 is 8.28. The first kappa shape index (κ1) is 10.7. The van der Waals surface area contributed by atoms with E-state index in [1.54, 1.807) is 0 Å². The van der Waals surface area contributed by atoms with E-state index < -0.39 is 11.2 Å². The molecule has 0 aromatic rings. The molecule has 0 rings (SSSR count). The van der Waals surface area contributed by atoms with Crippen LogP contribution in [0.1, 0.15) is 0 Å². The van der Waals surface area contributed by atoms with E-state index in [1.807, 2.05) is 0 Å². The zero-order chi connectivity index (χ0) is 5.58. The monoisotopic (exact) mass is 205 g/mol. The van der Waals surface area contributed by atoms with Crippen molar-refractivity contribution in [2.24, 2.45) is 0 Å². The first-order chi connectivity index (χ1) is 2.73. The molecule has 0 amide bonds. The predicted octanol–water partition coefficient (Wildman–Crippen LogP) is 1.30. The van der Waals surface area contributed by atoms with Crippen LogP contribution in [-0.2, 0) is 15.0 Å². The Morgan fingerprint density at radius 3 is 1.17 bits per heavy atom. The molecule has 0 saturated heterocycles. The number of halogens is 3. The summed E-state index contributed by atoms with van der Waals surface area (Å²) >= 11 is -0.722. The second-order valence-electron chi connectivity index (χ2n) is 0.152. The van der Waals surface area contributed by atoms with E-state index in [9.17, 15) is 0 Å². The maximum absolute atomic E-state index is 8.28. The van der Waals surface area contributed by atoms with E-state index >= 15 is 0 Å². The van der Waals surface area contributed by atoms with E-state index in [0.29, 0.717) is 16.2 Å². The van der Waals surface area contributed by atoms with Gasteiger partial charge in [-0.15, -0.1) is 0 Å². The first-order valence-corrected chi connectivity index (χ1v) is 5.82. The fourth-order valence-corrected chi connectivity index (χ4v) is 0. The number of hydrogen-bond donors (Lipinski definition) is 0. The van der Waals surface area contributed by atoms with Gasteiger partial charge in [-0.25, -0.2) is 0 Å². The van der Waals surface area contributed by atoms with Gasteiger partial charge in [0, 0.05) is 0 Å². The molecule has 0 N–H and O–H groups in total. The van der Waals surface area contributed by atoms with Crippen LogP contribution in [0.3, 0.4) is 0 Å². The molecule has 0 bridgehead atoms. The topological polar surface area (TPSA) is 17.1 Å². The molecule has 0 saturated carbocycles. The Morgan fingerprint density at radius 1 is 1.17 bits per heavy atom. The minimum atomic E-state index is -1.33. The molecule has 0 radical (unpaired) electrons. The van der Waals surface area contributed by atoms with Crippen molar-refractivity contribution in [1.29, 1.82) is 0 Å². The molecule has 0 aromatic heterocycles. The molecule has 0 heterocycles. The molecular formula is HAlCl3FeO. The molecule has 1 nitrogen and oxygen atoms in total. The standard InChI is InChI=1S/Al.3ClH.Fe.O.H/h;3*1H;;;/q;;;;+3;;/p-3. The minimum absolute atomic E-state index is 0.611. The summed E-state index contributed by atoms with van der Waals surface area (Å²) in [5, 5.41) is 0. The van der Waals surface area contributed by atoms with Crippen molar-refractivity contribution in [3.8, 4) is 0 Å². The van der Waals surface area contributed by atoms with Crippen LogP contribution in [0.15, 0.2) is 0 Å². The van der Waals surface area contributed by atoms with Crippen molar-refractivity contribution < 1.29 is 15.0 Å². The van der Waals surface area contributed by atoms with Crippen LogP contribution >= 0.6 is 30.3 Å². The summed E-state index contributed by atoms with van der Waals surface area (Å²) in [6, 6.07) is 0. The van der Waals surface area contributed by atoms with E-state index in [2.05, 4.69) is 0 Å². The molecule has 0 fully saturated rings. The van der Waals surface area contributed by atoms with Crippen LogP contribution in [0.25, 0.3) is 0 Å². The van der Waals surface area contributed by atoms with Gasteiger partial charge >= 0.3 is 61.5 Å². The van der Waals surface area contributed by atoms with Crippen LogP contribution in [-0.4, -0.2) is 16.2 Å². The third-order valence-corrected chi connectivity index (χ3v) is 0. The summed E-state index contributed by atoms with van der Waals surface area (Å²) in [6.07, 6.45) is 0.